The molecule has 0 aromatic heterocycles. The van der Waals surface area contributed by atoms with Gasteiger partial charge in [-0.3, -0.25) is 4.79 Å². The molecule has 2 rings (SSSR count). The van der Waals surface area contributed by atoms with Crippen molar-refractivity contribution in [3.63, 3.8) is 0 Å². The van der Waals surface area contributed by atoms with Gasteiger partial charge in [0.25, 0.3) is 0 Å². The highest BCUT2D eigenvalue weighted by atomic mass is 16.4. The molecule has 4 N–H and O–H groups in total. The fourth-order valence-corrected chi connectivity index (χ4v) is 2.46. The number of nitrogens with two attached hydrogens (primary N) is 1. The van der Waals surface area contributed by atoms with Gasteiger partial charge in [-0.2, -0.15) is 0 Å². The highest BCUT2D eigenvalue weighted by Gasteiger charge is 2.32. The molecule has 6 nitrogen and oxygen atoms in total. The third-order valence-corrected chi connectivity index (χ3v) is 3.36. The van der Waals surface area contributed by atoms with Crippen LogP contribution in [-0.4, -0.2) is 36.6 Å². The SMILES string of the molecule is CNC(=O)C1CCCN1c1cc(N)ccc1C(=O)O. The predicted molar refractivity (Wildman–Crippen MR) is 72.2 cm³/mol. The van der Waals surface area contributed by atoms with Crippen molar-refractivity contribution in [2.75, 3.05) is 24.2 Å². The quantitative estimate of drug-likeness (QED) is 0.697. The number of carbonyl (C=O) groups is 2. The molecular weight excluding hydrogens is 246 g/mol. The van der Waals surface area contributed by atoms with E-state index in [-0.39, 0.29) is 17.5 Å². The number of anilines is 2. The number of nitrogens with zero attached hydrogens (tertiary/aromatic N) is 1. The van der Waals surface area contributed by atoms with Crippen LogP contribution >= 0.6 is 0 Å². The summed E-state index contributed by atoms with van der Waals surface area (Å²) >= 11 is 0. The van der Waals surface area contributed by atoms with Gasteiger partial charge in [-0.1, -0.05) is 0 Å². The van der Waals surface area contributed by atoms with Crippen molar-refractivity contribution >= 4 is 23.3 Å². The lowest BCUT2D eigenvalue weighted by atomic mass is 10.1. The van der Waals surface area contributed by atoms with E-state index in [0.29, 0.717) is 24.3 Å². The minimum absolute atomic E-state index is 0.101. The van der Waals surface area contributed by atoms with Crippen LogP contribution in [0.5, 0.6) is 0 Å². The summed E-state index contributed by atoms with van der Waals surface area (Å²) in [5.41, 5.74) is 6.90. The number of amides is 1. The van der Waals surface area contributed by atoms with Crippen molar-refractivity contribution in [2.45, 2.75) is 18.9 Å². The van der Waals surface area contributed by atoms with Gasteiger partial charge in [0.2, 0.25) is 5.91 Å². The summed E-state index contributed by atoms with van der Waals surface area (Å²) in [5, 5.41) is 11.8. The lowest BCUT2D eigenvalue weighted by molar-refractivity contribution is -0.121. The number of hydrogen-bond acceptors (Lipinski definition) is 4. The highest BCUT2D eigenvalue weighted by Crippen LogP contribution is 2.30. The average Bonchev–Trinajstić information content (AvgIpc) is 2.86. The van der Waals surface area contributed by atoms with Gasteiger partial charge in [-0.05, 0) is 31.0 Å². The topological polar surface area (TPSA) is 95.7 Å². The normalized spacial score (nSPS) is 18.4. The molecule has 1 atom stereocenters. The molecule has 1 amide bonds. The van der Waals surface area contributed by atoms with E-state index in [0.717, 1.165) is 6.42 Å². The predicted octanol–water partition coefficient (Wildman–Crippen LogP) is 0.682. The summed E-state index contributed by atoms with van der Waals surface area (Å²) in [6.45, 7) is 0.655. The minimum Gasteiger partial charge on any atom is -0.478 e. The number of rotatable bonds is 3. The molecule has 1 aliphatic rings. The van der Waals surface area contributed by atoms with Crippen LogP contribution in [0.3, 0.4) is 0 Å². The molecule has 6 heteroatoms. The number of benzene rings is 1. The van der Waals surface area contributed by atoms with Crippen molar-refractivity contribution < 1.29 is 14.7 Å². The van der Waals surface area contributed by atoms with Crippen molar-refractivity contribution in [1.82, 2.24) is 5.32 Å². The Hall–Kier alpha value is -2.24. The molecule has 0 saturated carbocycles. The van der Waals surface area contributed by atoms with Crippen molar-refractivity contribution in [3.8, 4) is 0 Å². The second-order valence-electron chi connectivity index (χ2n) is 4.55. The van der Waals surface area contributed by atoms with Crippen LogP contribution in [0.2, 0.25) is 0 Å². The average molecular weight is 263 g/mol. The van der Waals surface area contributed by atoms with Gasteiger partial charge in [0.1, 0.15) is 6.04 Å². The fraction of sp³-hybridized carbons (Fsp3) is 0.385. The molecule has 1 fully saturated rings. The molecule has 0 bridgehead atoms. The van der Waals surface area contributed by atoms with E-state index in [4.69, 9.17) is 5.73 Å². The Labute approximate surface area is 111 Å². The third kappa shape index (κ3) is 2.47. The number of nitrogens with one attached hydrogen (secondary N) is 1. The summed E-state index contributed by atoms with van der Waals surface area (Å²) in [6, 6.07) is 4.32. The molecule has 19 heavy (non-hydrogen) atoms. The fourth-order valence-electron chi connectivity index (χ4n) is 2.46. The second-order valence-corrected chi connectivity index (χ2v) is 4.55. The van der Waals surface area contributed by atoms with E-state index >= 15 is 0 Å². The number of likely N-dealkylation sites (N-methyl/N-ethyl adjacent to an activating group) is 1. The third-order valence-electron chi connectivity index (χ3n) is 3.36. The number of carbonyl (C=O) groups excluding carboxylic acids is 1. The summed E-state index contributed by atoms with van der Waals surface area (Å²) < 4.78 is 0. The van der Waals surface area contributed by atoms with Gasteiger partial charge < -0.3 is 21.1 Å². The first-order valence-corrected chi connectivity index (χ1v) is 6.15. The summed E-state index contributed by atoms with van der Waals surface area (Å²) in [4.78, 5) is 24.9. The molecule has 1 unspecified atom stereocenters. The van der Waals surface area contributed by atoms with Gasteiger partial charge in [-0.25, -0.2) is 4.79 Å². The van der Waals surface area contributed by atoms with Crippen LogP contribution in [0.1, 0.15) is 23.2 Å². The molecule has 1 saturated heterocycles. The van der Waals surface area contributed by atoms with Gasteiger partial charge >= 0.3 is 5.97 Å². The molecule has 1 aromatic rings. The maximum Gasteiger partial charge on any atom is 0.337 e. The summed E-state index contributed by atoms with van der Waals surface area (Å²) in [5.74, 6) is -1.12. The van der Waals surface area contributed by atoms with Gasteiger partial charge in [-0.15, -0.1) is 0 Å². The lowest BCUT2D eigenvalue weighted by Gasteiger charge is -2.27. The Bertz CT molecular complexity index is 516. The number of nitrogen functional groups attached to an aromatic ring is 1. The first-order chi connectivity index (χ1) is 9.04. The number of carboxylic acid groups (broad SMARTS) is 1. The highest BCUT2D eigenvalue weighted by molar-refractivity contribution is 5.97. The number of aromatic carboxylic acids is 1. The van der Waals surface area contributed by atoms with Gasteiger partial charge in [0, 0.05) is 19.3 Å². The van der Waals surface area contributed by atoms with E-state index in [1.807, 2.05) is 4.90 Å². The Kier molecular flexibility index (Phi) is 3.59. The number of hydrogen-bond donors (Lipinski definition) is 3. The number of carboxylic acids is 1. The molecular formula is C13H17N3O3. The van der Waals surface area contributed by atoms with Crippen LogP contribution in [0.4, 0.5) is 11.4 Å². The largest absolute Gasteiger partial charge is 0.478 e. The van der Waals surface area contributed by atoms with Crippen molar-refractivity contribution in [3.05, 3.63) is 23.8 Å². The van der Waals surface area contributed by atoms with Gasteiger partial charge in [0.05, 0.1) is 11.3 Å². The first kappa shape index (κ1) is 13.2. The zero-order valence-corrected chi connectivity index (χ0v) is 10.7. The maximum atomic E-state index is 11.8. The van der Waals surface area contributed by atoms with Crippen molar-refractivity contribution in [1.29, 1.82) is 0 Å². The lowest BCUT2D eigenvalue weighted by Crippen LogP contribution is -2.42. The van der Waals surface area contributed by atoms with Crippen LogP contribution < -0.4 is 16.0 Å². The monoisotopic (exact) mass is 263 g/mol. The Balaban J connectivity index is 2.42. The molecule has 0 aliphatic carbocycles. The summed E-state index contributed by atoms with van der Waals surface area (Å²) in [6.07, 6.45) is 1.57. The summed E-state index contributed by atoms with van der Waals surface area (Å²) in [7, 11) is 1.58. The zero-order chi connectivity index (χ0) is 14.0. The molecule has 0 radical (unpaired) electrons. The van der Waals surface area contributed by atoms with Crippen LogP contribution in [-0.2, 0) is 4.79 Å². The van der Waals surface area contributed by atoms with E-state index in [1.54, 1.807) is 19.2 Å². The van der Waals surface area contributed by atoms with Crippen LogP contribution in [0, 0.1) is 0 Å². The van der Waals surface area contributed by atoms with Crippen molar-refractivity contribution in [2.24, 2.45) is 0 Å². The zero-order valence-electron chi connectivity index (χ0n) is 10.7. The Morgan fingerprint density at radius 2 is 2.21 bits per heavy atom. The maximum absolute atomic E-state index is 11.8. The molecule has 102 valence electrons. The van der Waals surface area contributed by atoms with Crippen LogP contribution in [0.15, 0.2) is 18.2 Å². The first-order valence-electron chi connectivity index (χ1n) is 6.15. The smallest absolute Gasteiger partial charge is 0.337 e. The molecule has 0 spiro atoms. The van der Waals surface area contributed by atoms with E-state index in [9.17, 15) is 14.7 Å². The standard InChI is InChI=1S/C13H17N3O3/c1-15-12(17)10-3-2-6-16(10)11-7-8(14)4-5-9(11)13(18)19/h4-5,7,10H,2-3,6,14H2,1H3,(H,15,17)(H,18,19). The molecule has 1 heterocycles. The van der Waals surface area contributed by atoms with Crippen LogP contribution in [0.25, 0.3) is 0 Å². The molecule has 1 aromatic carbocycles. The Morgan fingerprint density at radius 1 is 1.47 bits per heavy atom. The van der Waals surface area contributed by atoms with E-state index < -0.39 is 5.97 Å². The Morgan fingerprint density at radius 3 is 2.84 bits per heavy atom. The van der Waals surface area contributed by atoms with E-state index in [1.165, 1.54) is 6.07 Å². The second kappa shape index (κ2) is 5.17. The minimum atomic E-state index is -1.02. The van der Waals surface area contributed by atoms with E-state index in [2.05, 4.69) is 5.32 Å². The molecule has 1 aliphatic heterocycles. The van der Waals surface area contributed by atoms with Gasteiger partial charge in [0.15, 0.2) is 0 Å².